The van der Waals surface area contributed by atoms with Crippen LogP contribution in [0.15, 0.2) is 18.2 Å². The zero-order chi connectivity index (χ0) is 13.5. The van der Waals surface area contributed by atoms with E-state index in [0.29, 0.717) is 11.0 Å². The van der Waals surface area contributed by atoms with Crippen molar-refractivity contribution >= 4 is 11.0 Å². The minimum absolute atomic E-state index is 0.211. The molecule has 2 aromatic rings. The molecule has 4 nitrogen and oxygen atoms in total. The maximum absolute atomic E-state index is 12.6. The molecule has 0 atom stereocenters. The molecule has 0 unspecified atom stereocenters. The summed E-state index contributed by atoms with van der Waals surface area (Å²) >= 11 is 0. The molecule has 3 rings (SSSR count). The zero-order valence-corrected chi connectivity index (χ0v) is 10.1. The van der Waals surface area contributed by atoms with Crippen LogP contribution in [0, 0.1) is 0 Å². The zero-order valence-electron chi connectivity index (χ0n) is 10.1. The van der Waals surface area contributed by atoms with Gasteiger partial charge in [0.1, 0.15) is 5.52 Å². The SMILES string of the molecule is FC(F)(F)c1ccc2c(c1)nnn2C1CCNCC1. The largest absolute Gasteiger partial charge is 0.416 e. The summed E-state index contributed by atoms with van der Waals surface area (Å²) < 4.78 is 39.6. The number of benzene rings is 1. The summed E-state index contributed by atoms with van der Waals surface area (Å²) in [6.07, 6.45) is -2.51. The number of piperidine rings is 1. The van der Waals surface area contributed by atoms with Gasteiger partial charge in [-0.3, -0.25) is 0 Å². The molecular formula is C12H13F3N4. The molecular weight excluding hydrogens is 257 g/mol. The molecule has 102 valence electrons. The number of hydrogen-bond donors (Lipinski definition) is 1. The minimum Gasteiger partial charge on any atom is -0.317 e. The quantitative estimate of drug-likeness (QED) is 0.865. The molecule has 7 heteroatoms. The molecule has 0 spiro atoms. The molecule has 1 aromatic heterocycles. The summed E-state index contributed by atoms with van der Waals surface area (Å²) in [6, 6.07) is 3.81. The lowest BCUT2D eigenvalue weighted by Crippen LogP contribution is -2.29. The topological polar surface area (TPSA) is 42.7 Å². The standard InChI is InChI=1S/C12H13F3N4/c13-12(14,15)8-1-2-11-10(7-8)17-18-19(11)9-3-5-16-6-4-9/h1-2,7,9,16H,3-6H2. The molecule has 1 fully saturated rings. The van der Waals surface area contributed by atoms with Gasteiger partial charge in [-0.25, -0.2) is 4.68 Å². The molecule has 1 aromatic carbocycles. The Labute approximate surface area is 107 Å². The third-order valence-corrected chi connectivity index (χ3v) is 3.45. The highest BCUT2D eigenvalue weighted by Crippen LogP contribution is 2.31. The molecule has 2 heterocycles. The Hall–Kier alpha value is -1.63. The molecule has 0 saturated carbocycles. The average molecular weight is 270 g/mol. The van der Waals surface area contributed by atoms with Crippen LogP contribution in [0.5, 0.6) is 0 Å². The van der Waals surface area contributed by atoms with Gasteiger partial charge in [0.2, 0.25) is 0 Å². The van der Waals surface area contributed by atoms with E-state index < -0.39 is 11.7 Å². The van der Waals surface area contributed by atoms with E-state index in [1.165, 1.54) is 6.07 Å². The lowest BCUT2D eigenvalue weighted by atomic mass is 10.1. The van der Waals surface area contributed by atoms with Crippen molar-refractivity contribution in [1.29, 1.82) is 0 Å². The van der Waals surface area contributed by atoms with Gasteiger partial charge in [-0.05, 0) is 44.1 Å². The maximum Gasteiger partial charge on any atom is 0.416 e. The maximum atomic E-state index is 12.6. The number of nitrogens with zero attached hydrogens (tertiary/aromatic N) is 3. The predicted octanol–water partition coefficient (Wildman–Crippen LogP) is 2.37. The summed E-state index contributed by atoms with van der Waals surface area (Å²) in [5.74, 6) is 0. The van der Waals surface area contributed by atoms with E-state index in [1.54, 1.807) is 4.68 Å². The monoisotopic (exact) mass is 270 g/mol. The second-order valence-electron chi connectivity index (χ2n) is 4.72. The Morgan fingerprint density at radius 2 is 1.95 bits per heavy atom. The van der Waals surface area contributed by atoms with Gasteiger partial charge in [0.05, 0.1) is 17.1 Å². The highest BCUT2D eigenvalue weighted by atomic mass is 19.4. The van der Waals surface area contributed by atoms with Gasteiger partial charge < -0.3 is 5.32 Å². The molecule has 19 heavy (non-hydrogen) atoms. The summed E-state index contributed by atoms with van der Waals surface area (Å²) in [6.45, 7) is 1.79. The first-order valence-electron chi connectivity index (χ1n) is 6.18. The average Bonchev–Trinajstić information content (AvgIpc) is 2.81. The third kappa shape index (κ3) is 2.30. The van der Waals surface area contributed by atoms with Crippen molar-refractivity contribution < 1.29 is 13.2 Å². The summed E-state index contributed by atoms with van der Waals surface area (Å²) in [4.78, 5) is 0. The van der Waals surface area contributed by atoms with Gasteiger partial charge in [-0.1, -0.05) is 5.21 Å². The number of hydrogen-bond acceptors (Lipinski definition) is 3. The van der Waals surface area contributed by atoms with Crippen LogP contribution in [0.4, 0.5) is 13.2 Å². The summed E-state index contributed by atoms with van der Waals surface area (Å²) in [7, 11) is 0. The van der Waals surface area contributed by atoms with Crippen molar-refractivity contribution in [3.05, 3.63) is 23.8 Å². The molecule has 1 saturated heterocycles. The van der Waals surface area contributed by atoms with Crippen LogP contribution in [0.2, 0.25) is 0 Å². The van der Waals surface area contributed by atoms with E-state index in [0.717, 1.165) is 38.1 Å². The van der Waals surface area contributed by atoms with Crippen LogP contribution in [0.3, 0.4) is 0 Å². The summed E-state index contributed by atoms with van der Waals surface area (Å²) in [5, 5.41) is 11.1. The van der Waals surface area contributed by atoms with Crippen molar-refractivity contribution in [2.45, 2.75) is 25.1 Å². The summed E-state index contributed by atoms with van der Waals surface area (Å²) in [5.41, 5.74) is 0.283. The number of fused-ring (bicyclic) bond motifs is 1. The highest BCUT2D eigenvalue weighted by Gasteiger charge is 2.31. The predicted molar refractivity (Wildman–Crippen MR) is 63.7 cm³/mol. The lowest BCUT2D eigenvalue weighted by molar-refractivity contribution is -0.137. The van der Waals surface area contributed by atoms with Crippen LogP contribution < -0.4 is 5.32 Å². The van der Waals surface area contributed by atoms with Crippen molar-refractivity contribution in [3.63, 3.8) is 0 Å². The lowest BCUT2D eigenvalue weighted by Gasteiger charge is -2.22. The van der Waals surface area contributed by atoms with Crippen LogP contribution in [-0.4, -0.2) is 28.1 Å². The van der Waals surface area contributed by atoms with Gasteiger partial charge >= 0.3 is 6.18 Å². The van der Waals surface area contributed by atoms with Crippen molar-refractivity contribution in [2.75, 3.05) is 13.1 Å². The number of alkyl halides is 3. The van der Waals surface area contributed by atoms with Gasteiger partial charge in [0.15, 0.2) is 0 Å². The molecule has 0 amide bonds. The van der Waals surface area contributed by atoms with E-state index in [2.05, 4.69) is 15.6 Å². The second-order valence-corrected chi connectivity index (χ2v) is 4.72. The Morgan fingerprint density at radius 3 is 2.63 bits per heavy atom. The smallest absolute Gasteiger partial charge is 0.317 e. The van der Waals surface area contributed by atoms with E-state index in [4.69, 9.17) is 0 Å². The fraction of sp³-hybridized carbons (Fsp3) is 0.500. The van der Waals surface area contributed by atoms with E-state index in [1.807, 2.05) is 0 Å². The molecule has 1 aliphatic rings. The van der Waals surface area contributed by atoms with Crippen molar-refractivity contribution in [2.24, 2.45) is 0 Å². The Balaban J connectivity index is 2.00. The third-order valence-electron chi connectivity index (χ3n) is 3.45. The van der Waals surface area contributed by atoms with E-state index in [9.17, 15) is 13.2 Å². The first-order valence-corrected chi connectivity index (χ1v) is 6.18. The number of rotatable bonds is 1. The fourth-order valence-corrected chi connectivity index (χ4v) is 2.44. The first-order chi connectivity index (χ1) is 9.05. The Bertz CT molecular complexity index is 584. The van der Waals surface area contributed by atoms with Crippen molar-refractivity contribution in [3.8, 4) is 0 Å². The molecule has 1 aliphatic heterocycles. The Kier molecular flexibility index (Phi) is 2.93. The van der Waals surface area contributed by atoms with Gasteiger partial charge in [0, 0.05) is 0 Å². The number of halogens is 3. The number of nitrogens with one attached hydrogen (secondary N) is 1. The fourth-order valence-electron chi connectivity index (χ4n) is 2.44. The van der Waals surface area contributed by atoms with Gasteiger partial charge in [-0.15, -0.1) is 5.10 Å². The second kappa shape index (κ2) is 4.48. The molecule has 0 bridgehead atoms. The first kappa shape index (κ1) is 12.4. The molecule has 1 N–H and O–H groups in total. The number of aromatic nitrogens is 3. The van der Waals surface area contributed by atoms with Crippen molar-refractivity contribution in [1.82, 2.24) is 20.3 Å². The van der Waals surface area contributed by atoms with Crippen LogP contribution in [-0.2, 0) is 6.18 Å². The minimum atomic E-state index is -4.34. The van der Waals surface area contributed by atoms with E-state index in [-0.39, 0.29) is 6.04 Å². The van der Waals surface area contributed by atoms with Crippen LogP contribution >= 0.6 is 0 Å². The van der Waals surface area contributed by atoms with Gasteiger partial charge in [0.25, 0.3) is 0 Å². The van der Waals surface area contributed by atoms with Crippen LogP contribution in [0.25, 0.3) is 11.0 Å². The van der Waals surface area contributed by atoms with Gasteiger partial charge in [-0.2, -0.15) is 13.2 Å². The normalized spacial score (nSPS) is 18.1. The Morgan fingerprint density at radius 1 is 1.21 bits per heavy atom. The highest BCUT2D eigenvalue weighted by molar-refractivity contribution is 5.75. The molecule has 0 aliphatic carbocycles. The van der Waals surface area contributed by atoms with Crippen LogP contribution in [0.1, 0.15) is 24.4 Å². The molecule has 0 radical (unpaired) electrons. The van der Waals surface area contributed by atoms with E-state index >= 15 is 0 Å².